The standard InChI is InChI=1S/C37H41N5O6/c1-24-22-29(39-48-24)35(43)38-17-9-14-30(27-15-16-32(46-3)33(23-27)47-4)42-36(44)28-12-8-13-31(34(28)37(42)45)41-20-18-40(19-21-41)25(2)26-10-6-5-7-11-26/h5-8,10-13,15-16,22-23,25,30H,9,14,17-21H2,1-4H3,(H,38,43)/t25-,30-/m1/s1. The second-order valence-electron chi connectivity index (χ2n) is 12.1. The van der Waals surface area contributed by atoms with Gasteiger partial charge in [0.05, 0.1) is 37.1 Å². The molecule has 3 amide bonds. The van der Waals surface area contributed by atoms with Gasteiger partial charge in [-0.25, -0.2) is 0 Å². The molecular weight excluding hydrogens is 610 g/mol. The van der Waals surface area contributed by atoms with E-state index in [0.717, 1.165) is 37.4 Å². The number of benzene rings is 3. The summed E-state index contributed by atoms with van der Waals surface area (Å²) >= 11 is 0. The van der Waals surface area contributed by atoms with Crippen LogP contribution in [-0.4, -0.2) is 79.6 Å². The average molecular weight is 652 g/mol. The minimum atomic E-state index is -0.611. The first kappa shape index (κ1) is 32.8. The lowest BCUT2D eigenvalue weighted by Crippen LogP contribution is -2.47. The van der Waals surface area contributed by atoms with Crippen LogP contribution in [0.5, 0.6) is 11.5 Å². The predicted molar refractivity (Wildman–Crippen MR) is 181 cm³/mol. The van der Waals surface area contributed by atoms with Crippen molar-refractivity contribution in [2.75, 3.05) is 51.8 Å². The average Bonchev–Trinajstić information content (AvgIpc) is 3.68. The molecule has 0 bridgehead atoms. The number of carbonyl (C=O) groups excluding carboxylic acids is 3. The van der Waals surface area contributed by atoms with Gasteiger partial charge in [-0.2, -0.15) is 0 Å². The summed E-state index contributed by atoms with van der Waals surface area (Å²) in [6.45, 7) is 7.39. The number of imide groups is 1. The van der Waals surface area contributed by atoms with E-state index < -0.39 is 6.04 Å². The highest BCUT2D eigenvalue weighted by molar-refractivity contribution is 6.24. The van der Waals surface area contributed by atoms with Gasteiger partial charge in [-0.3, -0.25) is 24.2 Å². The second kappa shape index (κ2) is 14.3. The van der Waals surface area contributed by atoms with Crippen molar-refractivity contribution in [2.45, 2.75) is 38.8 Å². The van der Waals surface area contributed by atoms with Gasteiger partial charge in [0, 0.05) is 44.8 Å². The minimum absolute atomic E-state index is 0.201. The molecule has 2 aliphatic heterocycles. The SMILES string of the molecule is COc1ccc([C@@H](CCCNC(=O)c2cc(C)on2)N2C(=O)c3cccc(N4CCN([C@H](C)c5ccccc5)CC4)c3C2=O)cc1OC. The Labute approximate surface area is 280 Å². The van der Waals surface area contributed by atoms with Gasteiger partial charge in [0.2, 0.25) is 0 Å². The van der Waals surface area contributed by atoms with Crippen LogP contribution in [0, 0.1) is 6.92 Å². The molecule has 0 spiro atoms. The number of piperazine rings is 1. The van der Waals surface area contributed by atoms with E-state index in [4.69, 9.17) is 14.0 Å². The van der Waals surface area contributed by atoms with E-state index in [9.17, 15) is 14.4 Å². The van der Waals surface area contributed by atoms with Crippen LogP contribution in [0.2, 0.25) is 0 Å². The summed E-state index contributed by atoms with van der Waals surface area (Å²) in [6.07, 6.45) is 0.897. The number of nitrogens with zero attached hydrogens (tertiary/aromatic N) is 4. The van der Waals surface area contributed by atoms with Crippen LogP contribution in [0.15, 0.2) is 77.3 Å². The van der Waals surface area contributed by atoms with Gasteiger partial charge in [-0.15, -0.1) is 0 Å². The summed E-state index contributed by atoms with van der Waals surface area (Å²) in [6, 6.07) is 22.7. The molecule has 3 aromatic carbocycles. The van der Waals surface area contributed by atoms with E-state index in [-0.39, 0.29) is 29.5 Å². The number of anilines is 1. The summed E-state index contributed by atoms with van der Waals surface area (Å²) in [7, 11) is 3.11. The normalized spacial score (nSPS) is 16.1. The molecule has 0 saturated carbocycles. The number of rotatable bonds is 12. The molecule has 48 heavy (non-hydrogen) atoms. The Kier molecular flexibility index (Phi) is 9.77. The van der Waals surface area contributed by atoms with E-state index >= 15 is 0 Å². The Balaban J connectivity index is 1.22. The highest BCUT2D eigenvalue weighted by atomic mass is 16.5. The summed E-state index contributed by atoms with van der Waals surface area (Å²) in [5.41, 5.74) is 3.82. The number of methoxy groups -OCH3 is 2. The molecule has 1 saturated heterocycles. The molecule has 11 heteroatoms. The van der Waals surface area contributed by atoms with Crippen molar-refractivity contribution in [3.8, 4) is 11.5 Å². The molecule has 6 rings (SSSR count). The highest BCUT2D eigenvalue weighted by Gasteiger charge is 2.43. The fourth-order valence-corrected chi connectivity index (χ4v) is 6.69. The van der Waals surface area contributed by atoms with E-state index in [1.165, 1.54) is 10.5 Å². The van der Waals surface area contributed by atoms with Gasteiger partial charge in [0.1, 0.15) is 5.76 Å². The van der Waals surface area contributed by atoms with E-state index in [2.05, 4.69) is 51.5 Å². The molecule has 4 aromatic rings. The van der Waals surface area contributed by atoms with Crippen molar-refractivity contribution in [1.29, 1.82) is 0 Å². The third-order valence-corrected chi connectivity index (χ3v) is 9.31. The maximum Gasteiger partial charge on any atom is 0.273 e. The number of aromatic nitrogens is 1. The molecule has 3 heterocycles. The number of ether oxygens (including phenoxy) is 2. The molecule has 0 unspecified atom stereocenters. The van der Waals surface area contributed by atoms with Crippen LogP contribution < -0.4 is 19.7 Å². The molecule has 2 atom stereocenters. The quantitative estimate of drug-likeness (QED) is 0.158. The Morgan fingerprint density at radius 3 is 2.33 bits per heavy atom. The number of hydrogen-bond donors (Lipinski definition) is 1. The van der Waals surface area contributed by atoms with Gasteiger partial charge >= 0.3 is 0 Å². The zero-order chi connectivity index (χ0) is 33.8. The van der Waals surface area contributed by atoms with Gasteiger partial charge in [-0.05, 0) is 62.1 Å². The molecule has 1 N–H and O–H groups in total. The number of carbonyl (C=O) groups is 3. The van der Waals surface area contributed by atoms with Crippen LogP contribution in [0.3, 0.4) is 0 Å². The Hall–Kier alpha value is -5.16. The van der Waals surface area contributed by atoms with Gasteiger partial charge in [0.25, 0.3) is 17.7 Å². The van der Waals surface area contributed by atoms with Crippen LogP contribution in [0.25, 0.3) is 0 Å². The molecular formula is C37H41N5O6. The lowest BCUT2D eigenvalue weighted by Gasteiger charge is -2.39. The number of hydrogen-bond acceptors (Lipinski definition) is 9. The zero-order valence-corrected chi connectivity index (χ0v) is 27.8. The molecule has 0 aliphatic carbocycles. The van der Waals surface area contributed by atoms with Crippen LogP contribution in [0.1, 0.15) is 79.9 Å². The molecule has 250 valence electrons. The maximum absolute atomic E-state index is 14.4. The van der Waals surface area contributed by atoms with Crippen molar-refractivity contribution in [2.24, 2.45) is 0 Å². The van der Waals surface area contributed by atoms with Crippen molar-refractivity contribution in [3.63, 3.8) is 0 Å². The molecule has 11 nitrogen and oxygen atoms in total. The van der Waals surface area contributed by atoms with Crippen molar-refractivity contribution < 1.29 is 28.4 Å². The minimum Gasteiger partial charge on any atom is -0.493 e. The monoisotopic (exact) mass is 651 g/mol. The highest BCUT2D eigenvalue weighted by Crippen LogP contribution is 2.40. The third-order valence-electron chi connectivity index (χ3n) is 9.31. The van der Waals surface area contributed by atoms with E-state index in [1.54, 1.807) is 45.4 Å². The molecule has 1 fully saturated rings. The molecule has 0 radical (unpaired) electrons. The number of fused-ring (bicyclic) bond motifs is 1. The molecule has 2 aliphatic rings. The van der Waals surface area contributed by atoms with Gasteiger partial charge in [-0.1, -0.05) is 47.6 Å². The lowest BCUT2D eigenvalue weighted by atomic mass is 9.99. The van der Waals surface area contributed by atoms with Crippen LogP contribution in [-0.2, 0) is 0 Å². The van der Waals surface area contributed by atoms with Gasteiger partial charge in [0.15, 0.2) is 17.2 Å². The summed E-state index contributed by atoms with van der Waals surface area (Å²) in [5.74, 6) is 0.568. The van der Waals surface area contributed by atoms with Crippen molar-refractivity contribution >= 4 is 23.4 Å². The summed E-state index contributed by atoms with van der Waals surface area (Å²) in [5, 5.41) is 6.63. The fraction of sp³-hybridized carbons (Fsp3) is 0.351. The number of nitrogens with one attached hydrogen (secondary N) is 1. The molecule has 1 aromatic heterocycles. The number of amides is 3. The van der Waals surface area contributed by atoms with E-state index in [1.807, 2.05) is 24.3 Å². The van der Waals surface area contributed by atoms with Crippen molar-refractivity contribution in [1.82, 2.24) is 20.3 Å². The van der Waals surface area contributed by atoms with Crippen LogP contribution in [0.4, 0.5) is 5.69 Å². The first-order valence-corrected chi connectivity index (χ1v) is 16.3. The first-order chi connectivity index (χ1) is 23.3. The Morgan fingerprint density at radius 1 is 0.896 bits per heavy atom. The Bertz CT molecular complexity index is 1780. The van der Waals surface area contributed by atoms with E-state index in [0.29, 0.717) is 47.8 Å². The predicted octanol–water partition coefficient (Wildman–Crippen LogP) is 5.43. The smallest absolute Gasteiger partial charge is 0.273 e. The van der Waals surface area contributed by atoms with Crippen LogP contribution >= 0.6 is 0 Å². The fourth-order valence-electron chi connectivity index (χ4n) is 6.69. The second-order valence-corrected chi connectivity index (χ2v) is 12.1. The first-order valence-electron chi connectivity index (χ1n) is 16.3. The summed E-state index contributed by atoms with van der Waals surface area (Å²) in [4.78, 5) is 47.1. The lowest BCUT2D eigenvalue weighted by molar-refractivity contribution is 0.0570. The maximum atomic E-state index is 14.4. The zero-order valence-electron chi connectivity index (χ0n) is 27.8. The Morgan fingerprint density at radius 2 is 1.65 bits per heavy atom. The van der Waals surface area contributed by atoms with Crippen molar-refractivity contribution in [3.05, 3.63) is 107 Å². The summed E-state index contributed by atoms with van der Waals surface area (Å²) < 4.78 is 16.0. The largest absolute Gasteiger partial charge is 0.493 e. The van der Waals surface area contributed by atoms with Gasteiger partial charge < -0.3 is 24.2 Å². The third kappa shape index (κ3) is 6.50. The topological polar surface area (TPSA) is 117 Å². The number of aryl methyl sites for hydroxylation is 1.